The summed E-state index contributed by atoms with van der Waals surface area (Å²) in [6, 6.07) is 15.4. The number of halogens is 3. The first-order valence-corrected chi connectivity index (χ1v) is 18.0. The van der Waals surface area contributed by atoms with Gasteiger partial charge >= 0.3 is 12.2 Å². The van der Waals surface area contributed by atoms with E-state index in [9.17, 15) is 19.2 Å². The molecule has 0 saturated carbocycles. The second-order valence-corrected chi connectivity index (χ2v) is 17.7. The van der Waals surface area contributed by atoms with Crippen molar-refractivity contribution in [1.29, 1.82) is 0 Å². The number of rotatable bonds is 2. The monoisotopic (exact) mass is 838 g/mol. The Morgan fingerprint density at radius 1 is 0.681 bits per heavy atom. The maximum absolute atomic E-state index is 12.6. The van der Waals surface area contributed by atoms with Crippen molar-refractivity contribution in [1.82, 2.24) is 9.80 Å². The summed E-state index contributed by atoms with van der Waals surface area (Å²) in [6.45, 7) is 14.6. The molecule has 0 bridgehead atoms. The molecule has 13 heteroatoms. The van der Waals surface area contributed by atoms with Crippen LogP contribution in [-0.4, -0.2) is 89.1 Å². The van der Waals surface area contributed by atoms with Crippen LogP contribution in [-0.2, 0) is 19.1 Å². The van der Waals surface area contributed by atoms with E-state index in [1.54, 1.807) is 14.7 Å². The van der Waals surface area contributed by atoms with Gasteiger partial charge in [0.2, 0.25) is 11.8 Å². The number of benzene rings is 2. The van der Waals surface area contributed by atoms with Crippen molar-refractivity contribution < 1.29 is 28.7 Å². The van der Waals surface area contributed by atoms with Crippen molar-refractivity contribution in [3.63, 3.8) is 0 Å². The van der Waals surface area contributed by atoms with E-state index in [1.807, 2.05) is 95.0 Å². The van der Waals surface area contributed by atoms with Crippen LogP contribution in [0.5, 0.6) is 0 Å². The fourth-order valence-electron chi connectivity index (χ4n) is 6.32. The van der Waals surface area contributed by atoms with Gasteiger partial charge in [0.15, 0.2) is 0 Å². The van der Waals surface area contributed by atoms with Crippen molar-refractivity contribution in [3.8, 4) is 0 Å². The molecule has 254 valence electrons. The molecule has 10 nitrogen and oxygen atoms in total. The van der Waals surface area contributed by atoms with Gasteiger partial charge in [-0.05, 0) is 90.1 Å². The molecule has 2 aromatic carbocycles. The van der Waals surface area contributed by atoms with Gasteiger partial charge in [0.05, 0.1) is 0 Å². The van der Waals surface area contributed by atoms with E-state index in [0.29, 0.717) is 45.7 Å². The van der Waals surface area contributed by atoms with Gasteiger partial charge in [-0.2, -0.15) is 0 Å². The Bertz CT molecular complexity index is 1520. The van der Waals surface area contributed by atoms with Gasteiger partial charge in [0.1, 0.15) is 16.0 Å². The molecule has 2 spiro atoms. The topological polar surface area (TPSA) is 99.7 Å². The Morgan fingerprint density at radius 2 is 1.11 bits per heavy atom. The highest BCUT2D eigenvalue weighted by Gasteiger charge is 2.59. The zero-order chi connectivity index (χ0) is 34.5. The van der Waals surface area contributed by atoms with Gasteiger partial charge in [-0.1, -0.05) is 47.8 Å². The molecule has 2 aromatic rings. The van der Waals surface area contributed by atoms with Crippen LogP contribution in [0.4, 0.5) is 21.0 Å². The molecule has 4 fully saturated rings. The molecule has 4 heterocycles. The normalized spacial score (nSPS) is 21.3. The molecule has 0 aliphatic carbocycles. The lowest BCUT2D eigenvalue weighted by Gasteiger charge is -2.48. The Labute approximate surface area is 301 Å². The van der Waals surface area contributed by atoms with Crippen LogP contribution in [0.15, 0.2) is 57.5 Å². The van der Waals surface area contributed by atoms with E-state index in [0.717, 1.165) is 20.3 Å². The minimum atomic E-state index is -0.511. The van der Waals surface area contributed by atoms with Gasteiger partial charge in [-0.3, -0.25) is 9.59 Å². The minimum Gasteiger partial charge on any atom is -0.444 e. The number of likely N-dealkylation sites (tertiary alicyclic amines) is 2. The highest BCUT2D eigenvalue weighted by Crippen LogP contribution is 2.46. The number of nitrogens with zero attached hydrogens (tertiary/aromatic N) is 4. The first-order valence-electron chi connectivity index (χ1n) is 15.5. The Kier molecular flexibility index (Phi) is 9.86. The average molecular weight is 841 g/mol. The fraction of sp³-hybridized carbons (Fsp3) is 0.529. The molecule has 47 heavy (non-hydrogen) atoms. The number of ether oxygens (including phenoxy) is 2. The van der Waals surface area contributed by atoms with Crippen molar-refractivity contribution >= 4 is 83.2 Å². The molecular formula is C34H41Br3N4O6. The van der Waals surface area contributed by atoms with Crippen LogP contribution in [0.2, 0.25) is 0 Å². The largest absolute Gasteiger partial charge is 0.444 e. The summed E-state index contributed by atoms with van der Waals surface area (Å²) in [5.41, 5.74) is 0.408. The number of anilines is 2. The molecule has 4 aliphatic heterocycles. The molecule has 6 rings (SSSR count). The molecule has 0 N–H and O–H groups in total. The summed E-state index contributed by atoms with van der Waals surface area (Å²) in [5, 5.41) is 0. The summed E-state index contributed by atoms with van der Waals surface area (Å²) in [7, 11) is 0. The predicted molar refractivity (Wildman–Crippen MR) is 191 cm³/mol. The highest BCUT2D eigenvalue weighted by atomic mass is 79.9. The molecular weight excluding hydrogens is 800 g/mol. The maximum atomic E-state index is 12.6. The zero-order valence-electron chi connectivity index (χ0n) is 27.5. The SMILES string of the molecule is CC(C)(C)OC(=O)N1CC2(C1)CN(c1ccc(Br)cc1)C(=O)C2Br.CC(C)(C)OC(=O)N1CC2(CC(=O)N(c3ccc(Br)cc3)C2)C1. The number of hydrogen-bond donors (Lipinski definition) is 0. The predicted octanol–water partition coefficient (Wildman–Crippen LogP) is 7.22. The van der Waals surface area contributed by atoms with E-state index in [-0.39, 0.29) is 39.7 Å². The van der Waals surface area contributed by atoms with E-state index in [4.69, 9.17) is 9.47 Å². The molecule has 0 aromatic heterocycles. The number of amides is 4. The molecule has 0 radical (unpaired) electrons. The summed E-state index contributed by atoms with van der Waals surface area (Å²) in [5.74, 6) is 0.164. The van der Waals surface area contributed by atoms with Crippen molar-refractivity contribution in [2.45, 2.75) is 64.0 Å². The van der Waals surface area contributed by atoms with Gasteiger partial charge in [0.25, 0.3) is 0 Å². The Balaban J connectivity index is 0.000000185. The standard InChI is InChI=1S/C17H20Br2N2O3.C17H21BrN2O3/c1-16(2,3)24-15(23)20-8-17(9-20)10-21(14(22)13(17)19)12-6-4-11(18)5-7-12;1-16(2,3)23-15(22)19-9-17(10-19)8-14(21)20(11-17)13-6-4-12(18)5-7-13/h4-7,13H,8-10H2,1-3H3;4-7H,8-11H2,1-3H3. The highest BCUT2D eigenvalue weighted by molar-refractivity contribution is 9.11. The lowest BCUT2D eigenvalue weighted by Crippen LogP contribution is -2.63. The van der Waals surface area contributed by atoms with Gasteiger partial charge in [-0.15, -0.1) is 0 Å². The fourth-order valence-corrected chi connectivity index (χ4v) is 7.53. The third-order valence-corrected chi connectivity index (χ3v) is 10.9. The van der Waals surface area contributed by atoms with Crippen molar-refractivity contribution in [3.05, 3.63) is 57.5 Å². The Morgan fingerprint density at radius 3 is 1.55 bits per heavy atom. The third kappa shape index (κ3) is 7.99. The van der Waals surface area contributed by atoms with Crippen LogP contribution < -0.4 is 9.80 Å². The van der Waals surface area contributed by atoms with E-state index in [1.165, 1.54) is 0 Å². The summed E-state index contributed by atoms with van der Waals surface area (Å²) < 4.78 is 12.7. The number of carbonyl (C=O) groups is 4. The zero-order valence-corrected chi connectivity index (χ0v) is 32.3. The summed E-state index contributed by atoms with van der Waals surface area (Å²) in [6.07, 6.45) is -0.123. The summed E-state index contributed by atoms with van der Waals surface area (Å²) >= 11 is 10.4. The quantitative estimate of drug-likeness (QED) is 0.297. The molecule has 4 saturated heterocycles. The van der Waals surface area contributed by atoms with Gasteiger partial charge in [0, 0.05) is 76.8 Å². The second kappa shape index (κ2) is 13.0. The van der Waals surface area contributed by atoms with Crippen LogP contribution in [0.25, 0.3) is 0 Å². The smallest absolute Gasteiger partial charge is 0.410 e. The van der Waals surface area contributed by atoms with Crippen LogP contribution >= 0.6 is 47.8 Å². The van der Waals surface area contributed by atoms with Crippen LogP contribution in [0, 0.1) is 10.8 Å². The number of alkyl halides is 1. The number of carbonyl (C=O) groups excluding carboxylic acids is 4. The van der Waals surface area contributed by atoms with Crippen LogP contribution in [0.1, 0.15) is 48.0 Å². The van der Waals surface area contributed by atoms with Gasteiger partial charge in [-0.25, -0.2) is 9.59 Å². The lowest BCUT2D eigenvalue weighted by atomic mass is 9.79. The van der Waals surface area contributed by atoms with Gasteiger partial charge < -0.3 is 29.1 Å². The summed E-state index contributed by atoms with van der Waals surface area (Å²) in [4.78, 5) is 55.9. The first kappa shape index (κ1) is 35.7. The van der Waals surface area contributed by atoms with E-state index < -0.39 is 11.2 Å². The average Bonchev–Trinajstić information content (AvgIpc) is 3.41. The van der Waals surface area contributed by atoms with Crippen molar-refractivity contribution in [2.24, 2.45) is 10.8 Å². The molecule has 1 atom stereocenters. The van der Waals surface area contributed by atoms with Crippen LogP contribution in [0.3, 0.4) is 0 Å². The first-order chi connectivity index (χ1) is 21.8. The molecule has 4 aliphatic rings. The molecule has 4 amide bonds. The van der Waals surface area contributed by atoms with E-state index >= 15 is 0 Å². The van der Waals surface area contributed by atoms with Crippen molar-refractivity contribution in [2.75, 3.05) is 49.1 Å². The third-order valence-electron chi connectivity index (χ3n) is 8.46. The Hall–Kier alpha value is -2.64. The number of hydrogen-bond acceptors (Lipinski definition) is 6. The van der Waals surface area contributed by atoms with E-state index in [2.05, 4.69) is 47.8 Å². The molecule has 1 unspecified atom stereocenters. The second-order valence-electron chi connectivity index (χ2n) is 14.9. The maximum Gasteiger partial charge on any atom is 0.410 e. The minimum absolute atomic E-state index is 0.0427. The lowest BCUT2D eigenvalue weighted by molar-refractivity contribution is -0.119.